The number of fused-ring (bicyclic) bond motifs is 1. The van der Waals surface area contributed by atoms with Gasteiger partial charge in [-0.15, -0.1) is 0 Å². The Kier molecular flexibility index (Phi) is 9.94. The van der Waals surface area contributed by atoms with Crippen molar-refractivity contribution < 1.29 is 23.7 Å². The third-order valence-corrected chi connectivity index (χ3v) is 8.80. The summed E-state index contributed by atoms with van der Waals surface area (Å²) in [5, 5.41) is 0.794. The maximum absolute atomic E-state index is 13.1. The van der Waals surface area contributed by atoms with Gasteiger partial charge in [-0.05, 0) is 61.1 Å². The first kappa shape index (κ1) is 31.7. The molecule has 4 aromatic rings. The molecule has 1 aromatic carbocycles. The summed E-state index contributed by atoms with van der Waals surface area (Å²) < 4.78 is 23.4. The fourth-order valence-corrected chi connectivity index (χ4v) is 5.84. The van der Waals surface area contributed by atoms with Gasteiger partial charge >= 0.3 is 0 Å². The first-order valence-electron chi connectivity index (χ1n) is 16.1. The van der Waals surface area contributed by atoms with Gasteiger partial charge in [-0.2, -0.15) is 0 Å². The van der Waals surface area contributed by atoms with E-state index in [4.69, 9.17) is 23.9 Å². The number of rotatable bonds is 12. The van der Waals surface area contributed by atoms with Gasteiger partial charge in [0.1, 0.15) is 23.0 Å². The van der Waals surface area contributed by atoms with Gasteiger partial charge in [0.15, 0.2) is 17.3 Å². The highest BCUT2D eigenvalue weighted by Gasteiger charge is 2.26. The van der Waals surface area contributed by atoms with Crippen LogP contribution in [-0.4, -0.2) is 85.3 Å². The van der Waals surface area contributed by atoms with Crippen LogP contribution in [0, 0.1) is 5.41 Å². The molecule has 0 atom stereocenters. The number of methoxy groups -OCH3 is 1. The summed E-state index contributed by atoms with van der Waals surface area (Å²) in [6.07, 6.45) is 6.63. The zero-order valence-corrected chi connectivity index (χ0v) is 27.0. The average molecular weight is 626 g/mol. The van der Waals surface area contributed by atoms with Gasteiger partial charge in [0, 0.05) is 56.1 Å². The van der Waals surface area contributed by atoms with Crippen LogP contribution in [0.4, 0.5) is 5.82 Å². The van der Waals surface area contributed by atoms with E-state index in [2.05, 4.69) is 33.6 Å². The molecule has 46 heavy (non-hydrogen) atoms. The lowest BCUT2D eigenvalue weighted by Gasteiger charge is -2.37. The number of ether oxygens (including phenoxy) is 4. The highest BCUT2D eigenvalue weighted by atomic mass is 16.5. The van der Waals surface area contributed by atoms with Crippen LogP contribution in [0.15, 0.2) is 60.9 Å². The molecule has 0 saturated carbocycles. The number of carbonyl (C=O) groups excluding carboxylic acids is 1. The van der Waals surface area contributed by atoms with Gasteiger partial charge < -0.3 is 23.8 Å². The molecule has 0 spiro atoms. The SMILES string of the molecule is COc1cc2c(Oc3ccc(CC(=O)c4cccc(N5CCC(C)(C)CC5)n4)nc3)ccnc2cc1OCCCN1CCOCC1. The summed E-state index contributed by atoms with van der Waals surface area (Å²) in [5.74, 6) is 3.24. The molecule has 2 saturated heterocycles. The molecule has 0 bridgehead atoms. The molecule has 0 aliphatic carbocycles. The molecule has 5 heterocycles. The number of pyridine rings is 3. The quantitative estimate of drug-likeness (QED) is 0.138. The van der Waals surface area contributed by atoms with E-state index in [0.717, 1.165) is 81.9 Å². The van der Waals surface area contributed by atoms with E-state index in [1.807, 2.05) is 42.5 Å². The predicted molar refractivity (Wildman–Crippen MR) is 177 cm³/mol. The number of Topliss-reactive ketones (excluding diaryl/α,β-unsaturated/α-hetero) is 1. The number of benzene rings is 1. The maximum Gasteiger partial charge on any atom is 0.187 e. The Hall–Kier alpha value is -4.28. The molecule has 0 radical (unpaired) electrons. The van der Waals surface area contributed by atoms with Crippen LogP contribution in [0.3, 0.4) is 0 Å². The average Bonchev–Trinajstić information content (AvgIpc) is 3.08. The van der Waals surface area contributed by atoms with Crippen molar-refractivity contribution in [2.75, 3.05) is 64.6 Å². The first-order chi connectivity index (χ1) is 22.4. The molecule has 10 heteroatoms. The first-order valence-corrected chi connectivity index (χ1v) is 16.1. The second-order valence-electron chi connectivity index (χ2n) is 12.7. The molecule has 242 valence electrons. The third kappa shape index (κ3) is 7.92. The summed E-state index contributed by atoms with van der Waals surface area (Å²) >= 11 is 0. The van der Waals surface area contributed by atoms with Crippen molar-refractivity contribution in [3.63, 3.8) is 0 Å². The number of carbonyl (C=O) groups is 1. The van der Waals surface area contributed by atoms with E-state index < -0.39 is 0 Å². The molecule has 2 aliphatic rings. The minimum absolute atomic E-state index is 0.0632. The molecule has 2 aliphatic heterocycles. The Morgan fingerprint density at radius 3 is 2.54 bits per heavy atom. The van der Waals surface area contributed by atoms with Crippen molar-refractivity contribution in [3.05, 3.63) is 72.3 Å². The van der Waals surface area contributed by atoms with Gasteiger partial charge in [0.25, 0.3) is 0 Å². The van der Waals surface area contributed by atoms with E-state index in [1.165, 1.54) is 0 Å². The Morgan fingerprint density at radius 1 is 0.957 bits per heavy atom. The maximum atomic E-state index is 13.1. The van der Waals surface area contributed by atoms with Gasteiger partial charge in [0.05, 0.1) is 45.1 Å². The Balaban J connectivity index is 1.07. The number of nitrogens with zero attached hydrogens (tertiary/aromatic N) is 5. The van der Waals surface area contributed by atoms with Crippen LogP contribution in [0.25, 0.3) is 10.9 Å². The molecule has 3 aromatic heterocycles. The number of morpholine rings is 1. The second kappa shape index (κ2) is 14.4. The molecule has 0 unspecified atom stereocenters. The van der Waals surface area contributed by atoms with Gasteiger partial charge in [-0.3, -0.25) is 19.7 Å². The summed E-state index contributed by atoms with van der Waals surface area (Å²) in [6.45, 7) is 11.6. The van der Waals surface area contributed by atoms with Crippen molar-refractivity contribution in [1.29, 1.82) is 0 Å². The fourth-order valence-electron chi connectivity index (χ4n) is 5.84. The van der Waals surface area contributed by atoms with E-state index in [1.54, 1.807) is 25.6 Å². The Morgan fingerprint density at radius 2 is 1.78 bits per heavy atom. The summed E-state index contributed by atoms with van der Waals surface area (Å²) in [7, 11) is 1.63. The van der Waals surface area contributed by atoms with E-state index in [-0.39, 0.29) is 12.2 Å². The fraction of sp³-hybridized carbons (Fsp3) is 0.444. The number of hydrogen-bond donors (Lipinski definition) is 0. The van der Waals surface area contributed by atoms with Crippen LogP contribution in [0.5, 0.6) is 23.0 Å². The van der Waals surface area contributed by atoms with Crippen molar-refractivity contribution in [1.82, 2.24) is 19.9 Å². The number of anilines is 1. The van der Waals surface area contributed by atoms with E-state index in [9.17, 15) is 4.79 Å². The molecule has 10 nitrogen and oxygen atoms in total. The number of ketones is 1. The second-order valence-corrected chi connectivity index (χ2v) is 12.7. The minimum Gasteiger partial charge on any atom is -0.493 e. The lowest BCUT2D eigenvalue weighted by atomic mass is 9.83. The van der Waals surface area contributed by atoms with Crippen LogP contribution in [-0.2, 0) is 11.2 Å². The predicted octanol–water partition coefficient (Wildman–Crippen LogP) is 5.98. The van der Waals surface area contributed by atoms with E-state index >= 15 is 0 Å². The molecule has 2 fully saturated rings. The lowest BCUT2D eigenvalue weighted by molar-refractivity contribution is 0.0357. The Labute approximate surface area is 270 Å². The van der Waals surface area contributed by atoms with Crippen molar-refractivity contribution >= 4 is 22.5 Å². The zero-order chi connectivity index (χ0) is 31.9. The van der Waals surface area contributed by atoms with Gasteiger partial charge in [0.2, 0.25) is 0 Å². The highest BCUT2D eigenvalue weighted by Crippen LogP contribution is 2.37. The molecular weight excluding hydrogens is 582 g/mol. The lowest BCUT2D eigenvalue weighted by Crippen LogP contribution is -2.37. The third-order valence-electron chi connectivity index (χ3n) is 8.80. The Bertz CT molecular complexity index is 1630. The smallest absolute Gasteiger partial charge is 0.187 e. The number of piperidine rings is 1. The molecular formula is C36H43N5O5. The topological polar surface area (TPSA) is 99.1 Å². The summed E-state index contributed by atoms with van der Waals surface area (Å²) in [6, 6.07) is 14.9. The van der Waals surface area contributed by atoms with Crippen molar-refractivity contribution in [3.8, 4) is 23.0 Å². The molecule has 0 amide bonds. The van der Waals surface area contributed by atoms with Crippen LogP contribution in [0.1, 0.15) is 49.3 Å². The molecule has 6 rings (SSSR count). The van der Waals surface area contributed by atoms with Crippen molar-refractivity contribution in [2.45, 2.75) is 39.5 Å². The van der Waals surface area contributed by atoms with Crippen LogP contribution < -0.4 is 19.1 Å². The monoisotopic (exact) mass is 625 g/mol. The highest BCUT2D eigenvalue weighted by molar-refractivity contribution is 5.96. The minimum atomic E-state index is -0.0632. The van der Waals surface area contributed by atoms with Crippen LogP contribution in [0.2, 0.25) is 0 Å². The van der Waals surface area contributed by atoms with Gasteiger partial charge in [-0.25, -0.2) is 4.98 Å². The number of aromatic nitrogens is 3. The largest absolute Gasteiger partial charge is 0.493 e. The standard InChI is InChI=1S/C36H43N5O5/c1-36(2)11-15-41(16-12-36)35-7-4-6-29(39-35)31(42)22-26-8-9-27(25-38-26)46-32-10-13-37-30-24-34(33(43-3)23-28(30)32)45-19-5-14-40-17-20-44-21-18-40/h4,6-10,13,23-25H,5,11-12,14-22H2,1-3H3. The van der Waals surface area contributed by atoms with Crippen LogP contribution >= 0.6 is 0 Å². The summed E-state index contributed by atoms with van der Waals surface area (Å²) in [5.41, 5.74) is 2.20. The normalized spacial score (nSPS) is 16.7. The number of hydrogen-bond acceptors (Lipinski definition) is 10. The van der Waals surface area contributed by atoms with Crippen molar-refractivity contribution in [2.24, 2.45) is 5.41 Å². The summed E-state index contributed by atoms with van der Waals surface area (Å²) in [4.78, 5) is 31.5. The van der Waals surface area contributed by atoms with E-state index in [0.29, 0.717) is 46.4 Å². The zero-order valence-electron chi connectivity index (χ0n) is 27.0. The molecule has 0 N–H and O–H groups in total. The van der Waals surface area contributed by atoms with Gasteiger partial charge in [-0.1, -0.05) is 19.9 Å².